The molecule has 4 heterocycles. The van der Waals surface area contributed by atoms with Gasteiger partial charge in [-0.1, -0.05) is 27.7 Å². The van der Waals surface area contributed by atoms with E-state index in [1.54, 1.807) is 34.8 Å². The van der Waals surface area contributed by atoms with Gasteiger partial charge in [-0.2, -0.15) is 0 Å². The Balaban J connectivity index is 0.00000784. The van der Waals surface area contributed by atoms with Crippen molar-refractivity contribution in [3.8, 4) is 0 Å². The molecule has 0 aromatic rings. The van der Waals surface area contributed by atoms with Gasteiger partial charge in [0, 0.05) is 88.5 Å². The number of esters is 1. The average molecular weight is 987 g/mol. The van der Waals surface area contributed by atoms with E-state index in [1.807, 2.05) is 53.6 Å². The van der Waals surface area contributed by atoms with Crippen LogP contribution in [0.15, 0.2) is 0 Å². The number of Topliss-reactive ketones (excluding diaryl/α,β-unsaturated/α-hetero) is 1. The molecule has 14 nitrogen and oxygen atoms in total. The number of aliphatic hydroxyl groups excluding tert-OH is 2. The fourth-order valence-electron chi connectivity index (χ4n) is 9.25. The Morgan fingerprint density at radius 3 is 2.04 bits per heavy atom. The minimum Gasteiger partial charge on any atom is -0.459 e. The molecular weight excluding hydrogens is 917 g/mol. The molecule has 17 unspecified atom stereocenters. The van der Waals surface area contributed by atoms with Crippen molar-refractivity contribution in [2.75, 3.05) is 34.9 Å². The molecule has 54 heavy (non-hydrogen) atoms. The predicted octanol–water partition coefficient (Wildman–Crippen LogP) is 2.85. The number of hydrogen-bond acceptors (Lipinski definition) is 14. The molecule has 4 aliphatic heterocycles. The molecule has 4 aliphatic rings. The molecule has 4 fully saturated rings. The average Bonchev–Trinajstić information content (AvgIpc) is 3.92. The smallest absolute Gasteiger partial charge is 0.311 e. The molecule has 15 heteroatoms. The number of carbonyl (C=O) groups is 2. The van der Waals surface area contributed by atoms with Crippen molar-refractivity contribution >= 4 is 11.8 Å². The van der Waals surface area contributed by atoms with E-state index in [1.165, 1.54) is 14.0 Å². The zero-order chi connectivity index (χ0) is 40.0. The van der Waals surface area contributed by atoms with Crippen LogP contribution < -0.4 is 0 Å². The first-order chi connectivity index (χ1) is 24.5. The molecular formula is C39H69AcNO13. The van der Waals surface area contributed by atoms with Crippen molar-refractivity contribution in [1.82, 2.24) is 4.90 Å². The number of rotatable bonds is 8. The number of ketones is 1. The second-order valence-corrected chi connectivity index (χ2v) is 17.2. The van der Waals surface area contributed by atoms with Crippen molar-refractivity contribution in [2.24, 2.45) is 23.7 Å². The molecule has 311 valence electrons. The van der Waals surface area contributed by atoms with Crippen LogP contribution in [0.3, 0.4) is 0 Å². The van der Waals surface area contributed by atoms with E-state index in [-0.39, 0.29) is 74.8 Å². The van der Waals surface area contributed by atoms with E-state index in [0.29, 0.717) is 19.4 Å². The van der Waals surface area contributed by atoms with Gasteiger partial charge in [0.2, 0.25) is 0 Å². The first kappa shape index (κ1) is 48.5. The van der Waals surface area contributed by atoms with Crippen LogP contribution in [-0.4, -0.2) is 151 Å². The Labute approximate surface area is 358 Å². The molecule has 3 N–H and O–H groups in total. The van der Waals surface area contributed by atoms with E-state index in [2.05, 4.69) is 0 Å². The second kappa shape index (κ2) is 18.6. The Morgan fingerprint density at radius 2 is 1.52 bits per heavy atom. The Bertz CT molecular complexity index is 1270. The van der Waals surface area contributed by atoms with Gasteiger partial charge < -0.3 is 58.1 Å². The Morgan fingerprint density at radius 1 is 0.907 bits per heavy atom. The number of likely N-dealkylation sites (N-methyl/N-ethyl adjacent to an activating group) is 1. The predicted molar refractivity (Wildman–Crippen MR) is 194 cm³/mol. The van der Waals surface area contributed by atoms with Crippen molar-refractivity contribution in [3.05, 3.63) is 0 Å². The quantitative estimate of drug-likeness (QED) is 0.239. The third-order valence-electron chi connectivity index (χ3n) is 13.2. The molecule has 0 amide bonds. The summed E-state index contributed by atoms with van der Waals surface area (Å²) in [6, 6.07) is -0.269. The van der Waals surface area contributed by atoms with E-state index in [4.69, 9.17) is 37.9 Å². The van der Waals surface area contributed by atoms with E-state index < -0.39 is 101 Å². The number of nitrogens with zero attached hydrogens (tertiary/aromatic N) is 1. The number of ether oxygens (including phenoxy) is 8. The molecule has 4 rings (SSSR count). The van der Waals surface area contributed by atoms with Crippen LogP contribution in [0, 0.1) is 67.7 Å². The SMILES string of the molecule is CC[C@H]1OC(=O)C(C)C(OC2CC(C)(OC)C3(CO3)C(C)O2)C(C)C(OC2OC(C)CC(N(C)C)C2O)C(C)(OC)CC(C)C(=O)C(C)C(O)C1(C)O.[Ac]. The van der Waals surface area contributed by atoms with Crippen LogP contribution in [0.2, 0.25) is 0 Å². The number of hydrogen-bond donors (Lipinski definition) is 3. The van der Waals surface area contributed by atoms with Gasteiger partial charge in [-0.05, 0) is 74.9 Å². The van der Waals surface area contributed by atoms with E-state index in [0.717, 1.165) is 0 Å². The Hall–Kier alpha value is 0.142. The number of epoxide rings is 1. The zero-order valence-electron chi connectivity index (χ0n) is 35.1. The summed E-state index contributed by atoms with van der Waals surface area (Å²) in [6.07, 6.45) is -7.01. The maximum Gasteiger partial charge on any atom is 0.311 e. The largest absolute Gasteiger partial charge is 0.459 e. The third-order valence-corrected chi connectivity index (χ3v) is 13.2. The van der Waals surface area contributed by atoms with Gasteiger partial charge in [0.15, 0.2) is 12.6 Å². The maximum atomic E-state index is 14.3. The van der Waals surface area contributed by atoms with E-state index >= 15 is 0 Å². The molecule has 4 saturated heterocycles. The van der Waals surface area contributed by atoms with Gasteiger partial charge in [-0.3, -0.25) is 9.59 Å². The van der Waals surface area contributed by atoms with Crippen LogP contribution in [0.4, 0.5) is 0 Å². The minimum absolute atomic E-state index is 0. The summed E-state index contributed by atoms with van der Waals surface area (Å²) < 4.78 is 50.6. The van der Waals surface area contributed by atoms with Crippen LogP contribution in [0.1, 0.15) is 94.9 Å². The summed E-state index contributed by atoms with van der Waals surface area (Å²) in [7, 11) is 6.94. The summed E-state index contributed by atoms with van der Waals surface area (Å²) in [4.78, 5) is 30.2. The van der Waals surface area contributed by atoms with Crippen molar-refractivity contribution in [2.45, 2.75) is 179 Å². The number of methoxy groups -OCH3 is 2. The van der Waals surface area contributed by atoms with Crippen LogP contribution >= 0.6 is 0 Å². The molecule has 0 saturated carbocycles. The summed E-state index contributed by atoms with van der Waals surface area (Å²) >= 11 is 0. The summed E-state index contributed by atoms with van der Waals surface area (Å²) in [5, 5.41) is 34.8. The zero-order valence-corrected chi connectivity index (χ0v) is 39.8. The van der Waals surface area contributed by atoms with Gasteiger partial charge >= 0.3 is 5.97 Å². The molecule has 18 atom stereocenters. The Kier molecular flexibility index (Phi) is 16.7. The molecule has 0 aliphatic carbocycles. The number of carbonyl (C=O) groups excluding carboxylic acids is 2. The van der Waals surface area contributed by atoms with Crippen molar-refractivity contribution < 1.29 is 107 Å². The summed E-state index contributed by atoms with van der Waals surface area (Å²) in [5.74, 6) is -4.31. The van der Waals surface area contributed by atoms with Crippen molar-refractivity contribution in [3.63, 3.8) is 0 Å². The molecule has 0 bridgehead atoms. The summed E-state index contributed by atoms with van der Waals surface area (Å²) in [5.41, 5.74) is -4.56. The van der Waals surface area contributed by atoms with Gasteiger partial charge in [0.05, 0.1) is 48.6 Å². The third kappa shape index (κ3) is 9.45. The first-order valence-electron chi connectivity index (χ1n) is 19.4. The van der Waals surface area contributed by atoms with Crippen LogP contribution in [-0.2, 0) is 47.5 Å². The molecule has 1 spiro atoms. The van der Waals surface area contributed by atoms with E-state index in [9.17, 15) is 24.9 Å². The fraction of sp³-hybridized carbons (Fsp3) is 0.949. The normalized spacial score (nSPS) is 49.6. The maximum absolute atomic E-state index is 14.3. The fourth-order valence-corrected chi connectivity index (χ4v) is 9.25. The van der Waals surface area contributed by atoms with Crippen LogP contribution in [0.25, 0.3) is 0 Å². The summed E-state index contributed by atoms with van der Waals surface area (Å²) in [6.45, 7) is 18.1. The molecule has 1 radical (unpaired) electrons. The van der Waals surface area contributed by atoms with Gasteiger partial charge in [0.25, 0.3) is 0 Å². The monoisotopic (exact) mass is 987 g/mol. The van der Waals surface area contributed by atoms with Crippen molar-refractivity contribution in [1.29, 1.82) is 0 Å². The van der Waals surface area contributed by atoms with Gasteiger partial charge in [0.1, 0.15) is 34.8 Å². The van der Waals surface area contributed by atoms with Gasteiger partial charge in [-0.25, -0.2) is 0 Å². The number of aliphatic hydroxyl groups is 3. The molecule has 0 aromatic carbocycles. The topological polar surface area (TPSA) is 175 Å². The number of cyclic esters (lactones) is 1. The minimum atomic E-state index is -1.95. The standard InChI is InChI=1S/C39H69NO13.Ac/c1-15-27-38(10,45)32(43)22(4)29(41)20(2)17-36(8,46-13)33(53-35-30(42)26(40(11)12)16-21(3)49-35)23(5)31(24(6)34(44)51-27)52-28-18-37(9,47-14)39(19-48-39)25(7)50-28;/h20-28,30-33,35,42-43,45H,15-19H2,1-14H3;/t20?,21?,22?,23?,24?,25?,26?,27-,28?,30?,31?,32?,33?,35?,36?,37?,38?,39?;/m1./s1. The first-order valence-corrected chi connectivity index (χ1v) is 19.4. The van der Waals surface area contributed by atoms with Gasteiger partial charge in [-0.15, -0.1) is 0 Å². The second-order valence-electron chi connectivity index (χ2n) is 17.2. The van der Waals surface area contributed by atoms with Crippen LogP contribution in [0.5, 0.6) is 0 Å². The molecule has 0 aromatic heterocycles.